The van der Waals surface area contributed by atoms with Gasteiger partial charge in [-0.05, 0) is 17.4 Å². The molecule has 0 aliphatic rings. The number of likely N-dealkylation sites (N-methyl/N-ethyl adjacent to an activating group) is 1. The second-order valence-electron chi connectivity index (χ2n) is 2.83. The fraction of sp³-hybridized carbons (Fsp3) is 0.833. The molecule has 0 fully saturated rings. The molecule has 1 rings (SSSR count). The summed E-state index contributed by atoms with van der Waals surface area (Å²) in [6, 6.07) is 0. The maximum Gasteiger partial charge on any atom is 0.245 e. The Kier molecular flexibility index (Phi) is 2.59. The highest BCUT2D eigenvalue weighted by atomic mass is 16.3. The Morgan fingerprint density at radius 2 is 2.33 bits per heavy atom. The maximum absolute atomic E-state index is 9.09. The van der Waals surface area contributed by atoms with Gasteiger partial charge >= 0.3 is 0 Å². The molecule has 0 aromatic carbocycles. The zero-order valence-electron chi connectivity index (χ0n) is 7.47. The smallest absolute Gasteiger partial charge is 0.245 e. The van der Waals surface area contributed by atoms with Crippen LogP contribution in [0.25, 0.3) is 0 Å². The summed E-state index contributed by atoms with van der Waals surface area (Å²) in [5.74, 6) is 0.649. The monoisotopic (exact) mass is 171 g/mol. The van der Waals surface area contributed by atoms with E-state index in [1.165, 1.54) is 0 Å². The van der Waals surface area contributed by atoms with Crippen LogP contribution in [0, 0.1) is 0 Å². The fourth-order valence-corrected chi connectivity index (χ4v) is 1.03. The molecule has 6 nitrogen and oxygen atoms in total. The number of hydrogen-bond acceptors (Lipinski definition) is 5. The average Bonchev–Trinajstić information content (AvgIpc) is 2.33. The number of aromatic nitrogens is 4. The van der Waals surface area contributed by atoms with Gasteiger partial charge < -0.3 is 10.0 Å². The van der Waals surface area contributed by atoms with E-state index in [0.717, 1.165) is 0 Å². The van der Waals surface area contributed by atoms with Crippen molar-refractivity contribution in [3.8, 4) is 0 Å². The quantitative estimate of drug-likeness (QED) is 0.633. The van der Waals surface area contributed by atoms with Crippen LogP contribution in [-0.2, 0) is 7.05 Å². The fourth-order valence-electron chi connectivity index (χ4n) is 1.03. The van der Waals surface area contributed by atoms with Crippen molar-refractivity contribution in [1.29, 1.82) is 0 Å². The van der Waals surface area contributed by atoms with Crippen LogP contribution in [0.5, 0.6) is 0 Å². The van der Waals surface area contributed by atoms with Gasteiger partial charge in [0.25, 0.3) is 0 Å². The van der Waals surface area contributed by atoms with Crippen molar-refractivity contribution >= 4 is 5.95 Å². The number of aliphatic hydroxyl groups is 1. The summed E-state index contributed by atoms with van der Waals surface area (Å²) >= 11 is 0. The zero-order valence-corrected chi connectivity index (χ0v) is 7.47. The van der Waals surface area contributed by atoms with Crippen molar-refractivity contribution in [3.63, 3.8) is 0 Å². The SMILES string of the molecule is C[C@@H](O)CN(C)c1nnnn1C. The lowest BCUT2D eigenvalue weighted by Crippen LogP contribution is -2.29. The van der Waals surface area contributed by atoms with E-state index in [0.29, 0.717) is 12.5 Å². The molecule has 68 valence electrons. The summed E-state index contributed by atoms with van der Waals surface area (Å²) in [4.78, 5) is 1.80. The van der Waals surface area contributed by atoms with E-state index < -0.39 is 0 Å². The maximum atomic E-state index is 9.09. The molecule has 12 heavy (non-hydrogen) atoms. The van der Waals surface area contributed by atoms with E-state index in [9.17, 15) is 0 Å². The van der Waals surface area contributed by atoms with Crippen LogP contribution < -0.4 is 4.90 Å². The van der Waals surface area contributed by atoms with Gasteiger partial charge in [-0.1, -0.05) is 5.10 Å². The Balaban J connectivity index is 2.65. The third-order valence-corrected chi connectivity index (χ3v) is 1.48. The van der Waals surface area contributed by atoms with Gasteiger partial charge in [-0.2, -0.15) is 0 Å². The standard InChI is InChI=1S/C6H13N5O/c1-5(12)4-10(2)6-7-8-9-11(6)3/h5,12H,4H2,1-3H3/t5-/m1/s1. The molecule has 1 aromatic rings. The topological polar surface area (TPSA) is 67.1 Å². The third-order valence-electron chi connectivity index (χ3n) is 1.48. The number of nitrogens with zero attached hydrogens (tertiary/aromatic N) is 5. The first kappa shape index (κ1) is 8.92. The van der Waals surface area contributed by atoms with Crippen LogP contribution in [-0.4, -0.2) is 45.0 Å². The molecule has 0 aliphatic heterocycles. The first-order valence-electron chi connectivity index (χ1n) is 3.73. The van der Waals surface area contributed by atoms with Crippen LogP contribution in [0.2, 0.25) is 0 Å². The third kappa shape index (κ3) is 1.91. The summed E-state index contributed by atoms with van der Waals surface area (Å²) < 4.78 is 1.56. The molecule has 0 saturated carbocycles. The first-order chi connectivity index (χ1) is 5.61. The number of rotatable bonds is 3. The molecule has 1 heterocycles. The van der Waals surface area contributed by atoms with Crippen molar-refractivity contribution in [1.82, 2.24) is 20.2 Å². The van der Waals surface area contributed by atoms with Gasteiger partial charge in [-0.15, -0.1) is 0 Å². The molecule has 6 heteroatoms. The molecule has 0 saturated heterocycles. The van der Waals surface area contributed by atoms with Crippen molar-refractivity contribution in [2.75, 3.05) is 18.5 Å². The minimum atomic E-state index is -0.383. The summed E-state index contributed by atoms with van der Waals surface area (Å²) in [5.41, 5.74) is 0. The van der Waals surface area contributed by atoms with Gasteiger partial charge in [-0.3, -0.25) is 0 Å². The van der Waals surface area contributed by atoms with Gasteiger partial charge in [0.05, 0.1) is 6.10 Å². The molecular formula is C6H13N5O. The largest absolute Gasteiger partial charge is 0.392 e. The lowest BCUT2D eigenvalue weighted by molar-refractivity contribution is 0.201. The number of aryl methyl sites for hydroxylation is 1. The normalized spacial score (nSPS) is 13.0. The molecule has 1 N–H and O–H groups in total. The molecule has 0 spiro atoms. The Labute approximate surface area is 70.8 Å². The van der Waals surface area contributed by atoms with E-state index in [1.54, 1.807) is 23.6 Å². The Morgan fingerprint density at radius 1 is 1.67 bits per heavy atom. The molecule has 0 bridgehead atoms. The molecule has 1 aromatic heterocycles. The number of tetrazole rings is 1. The second-order valence-corrected chi connectivity index (χ2v) is 2.83. The molecule has 0 radical (unpaired) electrons. The highest BCUT2D eigenvalue weighted by Crippen LogP contribution is 2.03. The van der Waals surface area contributed by atoms with Gasteiger partial charge in [0.15, 0.2) is 0 Å². The molecule has 0 unspecified atom stereocenters. The number of anilines is 1. The zero-order chi connectivity index (χ0) is 9.14. The van der Waals surface area contributed by atoms with Crippen LogP contribution in [0.3, 0.4) is 0 Å². The van der Waals surface area contributed by atoms with E-state index in [4.69, 9.17) is 5.11 Å². The minimum absolute atomic E-state index is 0.383. The Hall–Kier alpha value is -1.17. The van der Waals surface area contributed by atoms with Gasteiger partial charge in [0, 0.05) is 20.6 Å². The van der Waals surface area contributed by atoms with E-state index >= 15 is 0 Å². The van der Waals surface area contributed by atoms with Crippen molar-refractivity contribution < 1.29 is 5.11 Å². The minimum Gasteiger partial charge on any atom is -0.392 e. The average molecular weight is 171 g/mol. The second kappa shape index (κ2) is 3.48. The van der Waals surface area contributed by atoms with Crippen LogP contribution in [0.15, 0.2) is 0 Å². The summed E-state index contributed by atoms with van der Waals surface area (Å²) in [7, 11) is 3.59. The van der Waals surface area contributed by atoms with Crippen LogP contribution in [0.4, 0.5) is 5.95 Å². The highest BCUT2D eigenvalue weighted by molar-refractivity contribution is 5.25. The first-order valence-corrected chi connectivity index (χ1v) is 3.73. The molecular weight excluding hydrogens is 158 g/mol. The molecule has 1 atom stereocenters. The summed E-state index contributed by atoms with van der Waals surface area (Å²) in [6.45, 7) is 2.24. The molecule has 0 aliphatic carbocycles. The lowest BCUT2D eigenvalue weighted by atomic mass is 10.4. The van der Waals surface area contributed by atoms with Crippen molar-refractivity contribution in [2.24, 2.45) is 7.05 Å². The van der Waals surface area contributed by atoms with Gasteiger partial charge in [-0.25, -0.2) is 4.68 Å². The number of hydrogen-bond donors (Lipinski definition) is 1. The van der Waals surface area contributed by atoms with E-state index in [-0.39, 0.29) is 6.10 Å². The Morgan fingerprint density at radius 3 is 2.75 bits per heavy atom. The summed E-state index contributed by atoms with van der Waals surface area (Å²) in [6.07, 6.45) is -0.383. The van der Waals surface area contributed by atoms with Crippen LogP contribution >= 0.6 is 0 Å². The van der Waals surface area contributed by atoms with E-state index in [2.05, 4.69) is 15.5 Å². The van der Waals surface area contributed by atoms with Crippen molar-refractivity contribution in [2.45, 2.75) is 13.0 Å². The highest BCUT2D eigenvalue weighted by Gasteiger charge is 2.09. The summed E-state index contributed by atoms with van der Waals surface area (Å²) in [5, 5.41) is 20.0. The predicted molar refractivity (Wildman–Crippen MR) is 43.7 cm³/mol. The van der Waals surface area contributed by atoms with E-state index in [1.807, 2.05) is 7.05 Å². The van der Waals surface area contributed by atoms with Gasteiger partial charge in [0.2, 0.25) is 5.95 Å². The van der Waals surface area contributed by atoms with Crippen LogP contribution in [0.1, 0.15) is 6.92 Å². The molecule has 0 amide bonds. The predicted octanol–water partition coefficient (Wildman–Crippen LogP) is -0.973. The lowest BCUT2D eigenvalue weighted by Gasteiger charge is -2.17. The van der Waals surface area contributed by atoms with Crippen molar-refractivity contribution in [3.05, 3.63) is 0 Å². The van der Waals surface area contributed by atoms with Gasteiger partial charge in [0.1, 0.15) is 0 Å². The number of aliphatic hydroxyl groups excluding tert-OH is 1. The Bertz CT molecular complexity index is 246.